The third kappa shape index (κ3) is 7.54. The van der Waals surface area contributed by atoms with Gasteiger partial charge in [-0.3, -0.25) is 0 Å². The third-order valence-electron chi connectivity index (χ3n) is 11.8. The molecule has 0 saturated heterocycles. The first-order valence-corrected chi connectivity index (χ1v) is 17.3. The molecular formula is C36H56F2O2. The molecule has 2 nitrogen and oxygen atoms in total. The first-order valence-electron chi connectivity index (χ1n) is 17.3. The maximum atomic E-state index is 14.4. The number of benzene rings is 1. The van der Waals surface area contributed by atoms with E-state index in [-0.39, 0.29) is 11.5 Å². The number of hydrogen-bond acceptors (Lipinski definition) is 2. The van der Waals surface area contributed by atoms with Crippen LogP contribution in [0.25, 0.3) is 0 Å². The van der Waals surface area contributed by atoms with Gasteiger partial charge in [-0.2, -0.15) is 8.78 Å². The SMILES string of the molecule is CCCCCC1CCC2CC(C3CCC(C4CCC(COc5ccc(OCC)c(F)c5F)CC4)CC3)CCC2C1. The number of rotatable bonds is 11. The molecule has 4 aliphatic rings. The van der Waals surface area contributed by atoms with Crippen molar-refractivity contribution < 1.29 is 18.3 Å². The van der Waals surface area contributed by atoms with Gasteiger partial charge in [-0.05, 0) is 150 Å². The maximum absolute atomic E-state index is 14.4. The van der Waals surface area contributed by atoms with Gasteiger partial charge in [0.25, 0.3) is 0 Å². The van der Waals surface area contributed by atoms with Crippen LogP contribution in [0.2, 0.25) is 0 Å². The summed E-state index contributed by atoms with van der Waals surface area (Å²) in [5.41, 5.74) is 0. The fraction of sp³-hybridized carbons (Fsp3) is 0.833. The predicted molar refractivity (Wildman–Crippen MR) is 160 cm³/mol. The molecule has 4 unspecified atom stereocenters. The van der Waals surface area contributed by atoms with Crippen LogP contribution in [0.5, 0.6) is 11.5 Å². The van der Waals surface area contributed by atoms with Crippen molar-refractivity contribution in [2.45, 2.75) is 129 Å². The van der Waals surface area contributed by atoms with E-state index in [2.05, 4.69) is 6.92 Å². The Labute approximate surface area is 243 Å². The molecular weight excluding hydrogens is 502 g/mol. The molecule has 4 fully saturated rings. The van der Waals surface area contributed by atoms with Crippen LogP contribution in [0.15, 0.2) is 12.1 Å². The number of ether oxygens (including phenoxy) is 2. The summed E-state index contributed by atoms with van der Waals surface area (Å²) < 4.78 is 39.4. The van der Waals surface area contributed by atoms with E-state index in [0.717, 1.165) is 54.3 Å². The van der Waals surface area contributed by atoms with Gasteiger partial charge in [0.05, 0.1) is 13.2 Å². The van der Waals surface area contributed by atoms with Crippen molar-refractivity contribution in [3.63, 3.8) is 0 Å². The lowest BCUT2D eigenvalue weighted by atomic mass is 9.60. The summed E-state index contributed by atoms with van der Waals surface area (Å²) in [6.45, 7) is 4.87. The zero-order valence-electron chi connectivity index (χ0n) is 25.5. The minimum atomic E-state index is -0.947. The van der Waals surface area contributed by atoms with Gasteiger partial charge in [-0.1, -0.05) is 39.0 Å². The van der Waals surface area contributed by atoms with E-state index in [0.29, 0.717) is 19.1 Å². The van der Waals surface area contributed by atoms with Crippen LogP contribution in [0.3, 0.4) is 0 Å². The molecule has 226 valence electrons. The van der Waals surface area contributed by atoms with E-state index in [1.54, 1.807) is 19.8 Å². The lowest BCUT2D eigenvalue weighted by Crippen LogP contribution is -2.35. The number of unbranched alkanes of at least 4 members (excludes halogenated alkanes) is 2. The Bertz CT molecular complexity index is 902. The minimum Gasteiger partial charge on any atom is -0.491 e. The molecule has 0 aliphatic heterocycles. The van der Waals surface area contributed by atoms with Gasteiger partial charge in [-0.15, -0.1) is 0 Å². The molecule has 4 aliphatic carbocycles. The summed E-state index contributed by atoms with van der Waals surface area (Å²) in [5, 5.41) is 0. The van der Waals surface area contributed by atoms with Crippen LogP contribution >= 0.6 is 0 Å². The molecule has 0 spiro atoms. The lowest BCUT2D eigenvalue weighted by Gasteiger charge is -2.46. The van der Waals surface area contributed by atoms with Gasteiger partial charge >= 0.3 is 0 Å². The third-order valence-corrected chi connectivity index (χ3v) is 11.8. The van der Waals surface area contributed by atoms with Crippen molar-refractivity contribution in [2.75, 3.05) is 13.2 Å². The van der Waals surface area contributed by atoms with Gasteiger partial charge in [0.2, 0.25) is 11.6 Å². The van der Waals surface area contributed by atoms with Crippen LogP contribution in [0.4, 0.5) is 8.78 Å². The summed E-state index contributed by atoms with van der Waals surface area (Å²) >= 11 is 0. The summed E-state index contributed by atoms with van der Waals surface area (Å²) in [7, 11) is 0. The second-order valence-electron chi connectivity index (χ2n) is 14.2. The molecule has 0 amide bonds. The van der Waals surface area contributed by atoms with Crippen LogP contribution in [-0.4, -0.2) is 13.2 Å². The monoisotopic (exact) mass is 558 g/mol. The van der Waals surface area contributed by atoms with E-state index in [1.165, 1.54) is 102 Å². The fourth-order valence-electron chi connectivity index (χ4n) is 9.41. The average molecular weight is 559 g/mol. The number of hydrogen-bond donors (Lipinski definition) is 0. The molecule has 0 radical (unpaired) electrons. The average Bonchev–Trinajstić information content (AvgIpc) is 2.99. The highest BCUT2D eigenvalue weighted by atomic mass is 19.2. The van der Waals surface area contributed by atoms with E-state index in [4.69, 9.17) is 9.47 Å². The topological polar surface area (TPSA) is 18.5 Å². The highest BCUT2D eigenvalue weighted by molar-refractivity contribution is 5.35. The van der Waals surface area contributed by atoms with Crippen molar-refractivity contribution in [1.29, 1.82) is 0 Å². The molecule has 1 aromatic carbocycles. The Hall–Kier alpha value is -1.32. The molecule has 4 heteroatoms. The molecule has 0 aromatic heterocycles. The normalized spacial score (nSPS) is 34.7. The van der Waals surface area contributed by atoms with Gasteiger partial charge < -0.3 is 9.47 Å². The molecule has 0 heterocycles. The van der Waals surface area contributed by atoms with Crippen molar-refractivity contribution in [2.24, 2.45) is 47.3 Å². The molecule has 0 N–H and O–H groups in total. The predicted octanol–water partition coefficient (Wildman–Crippen LogP) is 10.8. The van der Waals surface area contributed by atoms with E-state index < -0.39 is 11.6 Å². The lowest BCUT2D eigenvalue weighted by molar-refractivity contribution is 0.0486. The molecule has 40 heavy (non-hydrogen) atoms. The molecule has 1 aromatic rings. The Morgan fingerprint density at radius 3 is 1.68 bits per heavy atom. The number of fused-ring (bicyclic) bond motifs is 1. The van der Waals surface area contributed by atoms with Crippen LogP contribution in [0, 0.1) is 59.0 Å². The highest BCUT2D eigenvalue weighted by Gasteiger charge is 2.39. The van der Waals surface area contributed by atoms with E-state index in [1.807, 2.05) is 0 Å². The van der Waals surface area contributed by atoms with Crippen molar-refractivity contribution in [3.05, 3.63) is 23.8 Å². The Morgan fingerprint density at radius 2 is 1.05 bits per heavy atom. The summed E-state index contributed by atoms with van der Waals surface area (Å²) in [6, 6.07) is 2.97. The molecule has 4 atom stereocenters. The maximum Gasteiger partial charge on any atom is 0.204 e. The van der Waals surface area contributed by atoms with Crippen molar-refractivity contribution in [3.8, 4) is 11.5 Å². The fourth-order valence-corrected chi connectivity index (χ4v) is 9.41. The van der Waals surface area contributed by atoms with Crippen LogP contribution in [-0.2, 0) is 0 Å². The molecule has 0 bridgehead atoms. The quantitative estimate of drug-likeness (QED) is 0.252. The Morgan fingerprint density at radius 1 is 0.575 bits per heavy atom. The first-order chi connectivity index (χ1) is 19.6. The minimum absolute atomic E-state index is 0.00968. The van der Waals surface area contributed by atoms with Gasteiger partial charge in [0.1, 0.15) is 0 Å². The highest BCUT2D eigenvalue weighted by Crippen LogP contribution is 2.51. The van der Waals surface area contributed by atoms with E-state index in [9.17, 15) is 8.78 Å². The van der Waals surface area contributed by atoms with Crippen LogP contribution in [0.1, 0.15) is 129 Å². The van der Waals surface area contributed by atoms with Gasteiger partial charge in [0.15, 0.2) is 11.5 Å². The van der Waals surface area contributed by atoms with Crippen molar-refractivity contribution >= 4 is 0 Å². The standard InChI is InChI=1S/C36H56F2O2/c1-3-5-6-7-25-8-13-32-23-31(19-18-30(32)22-25)29-16-14-28(15-17-29)27-11-9-26(10-12-27)24-40-34-21-20-33(39-4-2)35(37)36(34)38/h20-21,25-32H,3-19,22-24H2,1-2H3. The Kier molecular flexibility index (Phi) is 11.1. The number of halogens is 2. The first kappa shape index (κ1) is 30.1. The zero-order valence-corrected chi connectivity index (χ0v) is 25.5. The van der Waals surface area contributed by atoms with E-state index >= 15 is 0 Å². The summed E-state index contributed by atoms with van der Waals surface area (Å²) in [4.78, 5) is 0. The zero-order chi connectivity index (χ0) is 27.9. The smallest absolute Gasteiger partial charge is 0.204 e. The second-order valence-corrected chi connectivity index (χ2v) is 14.2. The summed E-state index contributed by atoms with van der Waals surface area (Å²) in [6.07, 6.45) is 25.6. The van der Waals surface area contributed by atoms with Crippen LogP contribution < -0.4 is 9.47 Å². The van der Waals surface area contributed by atoms with Gasteiger partial charge in [-0.25, -0.2) is 0 Å². The van der Waals surface area contributed by atoms with Gasteiger partial charge in [0, 0.05) is 0 Å². The Balaban J connectivity index is 0.995. The largest absolute Gasteiger partial charge is 0.491 e. The summed E-state index contributed by atoms with van der Waals surface area (Å²) in [5.74, 6) is 5.44. The molecule has 4 saturated carbocycles. The molecule has 5 rings (SSSR count). The second kappa shape index (κ2) is 14.7. The van der Waals surface area contributed by atoms with Crippen molar-refractivity contribution in [1.82, 2.24) is 0 Å².